The Hall–Kier alpha value is -2.68. The van der Waals surface area contributed by atoms with Crippen molar-refractivity contribution >= 4 is 46.3 Å². The average Bonchev–Trinajstić information content (AvgIpc) is 3.37. The lowest BCUT2D eigenvalue weighted by atomic mass is 10.1. The highest BCUT2D eigenvalue weighted by Gasteiger charge is 2.34. The maximum atomic E-state index is 12.9. The van der Waals surface area contributed by atoms with E-state index in [1.807, 2.05) is 24.3 Å². The number of thiocarbonyl (C=S) groups is 1. The number of ether oxygens (including phenoxy) is 2. The first-order chi connectivity index (χ1) is 15.0. The van der Waals surface area contributed by atoms with Gasteiger partial charge in [-0.2, -0.15) is 0 Å². The topological polar surface area (TPSA) is 76.1 Å². The normalized spacial score (nSPS) is 19.9. The fourth-order valence-corrected chi connectivity index (χ4v) is 4.69. The molecule has 1 N–H and O–H groups in total. The van der Waals surface area contributed by atoms with Crippen molar-refractivity contribution in [2.75, 3.05) is 13.2 Å². The van der Waals surface area contributed by atoms with Gasteiger partial charge >= 0.3 is 5.97 Å². The molecule has 0 bridgehead atoms. The number of carbonyl (C=O) groups excluding carboxylic acids is 1. The number of carbonyl (C=O) groups is 2. The van der Waals surface area contributed by atoms with Crippen molar-refractivity contribution in [3.63, 3.8) is 0 Å². The van der Waals surface area contributed by atoms with Gasteiger partial charge in [-0.3, -0.25) is 9.69 Å². The third-order valence-corrected chi connectivity index (χ3v) is 6.46. The monoisotopic (exact) mass is 455 g/mol. The summed E-state index contributed by atoms with van der Waals surface area (Å²) in [7, 11) is 0. The number of carboxylic acid groups (broad SMARTS) is 1. The van der Waals surface area contributed by atoms with E-state index in [0.717, 1.165) is 30.6 Å². The largest absolute Gasteiger partial charge is 0.488 e. The summed E-state index contributed by atoms with van der Waals surface area (Å²) < 4.78 is 12.1. The molecule has 0 aromatic heterocycles. The molecule has 0 aliphatic carbocycles. The van der Waals surface area contributed by atoms with Gasteiger partial charge in [-0.05, 0) is 42.7 Å². The van der Waals surface area contributed by atoms with Crippen molar-refractivity contribution in [2.45, 2.75) is 25.6 Å². The van der Waals surface area contributed by atoms with Crippen molar-refractivity contribution in [1.82, 2.24) is 4.90 Å². The zero-order chi connectivity index (χ0) is 21.8. The molecule has 160 valence electrons. The fraction of sp³-hybridized carbons (Fsp3) is 0.261. The van der Waals surface area contributed by atoms with Crippen LogP contribution in [0.2, 0.25) is 0 Å². The molecule has 0 spiro atoms. The van der Waals surface area contributed by atoms with Crippen LogP contribution in [0.3, 0.4) is 0 Å². The zero-order valence-electron chi connectivity index (χ0n) is 16.7. The Balaban J connectivity index is 1.46. The minimum Gasteiger partial charge on any atom is -0.488 e. The minimum absolute atomic E-state index is 0.0463. The fourth-order valence-electron chi connectivity index (χ4n) is 3.43. The van der Waals surface area contributed by atoms with E-state index in [9.17, 15) is 9.59 Å². The summed E-state index contributed by atoms with van der Waals surface area (Å²) in [5, 5.41) is 9.01. The van der Waals surface area contributed by atoms with Gasteiger partial charge in [0.15, 0.2) is 0 Å². The Labute approximate surface area is 189 Å². The van der Waals surface area contributed by atoms with E-state index in [1.165, 1.54) is 11.8 Å². The number of rotatable bonds is 7. The van der Waals surface area contributed by atoms with E-state index in [4.69, 9.17) is 26.8 Å². The molecule has 31 heavy (non-hydrogen) atoms. The molecule has 1 atom stereocenters. The Bertz CT molecular complexity index is 1030. The van der Waals surface area contributed by atoms with Gasteiger partial charge in [-0.25, -0.2) is 4.79 Å². The predicted octanol–water partition coefficient (Wildman–Crippen LogP) is 4.34. The van der Waals surface area contributed by atoms with Gasteiger partial charge in [-0.1, -0.05) is 54.3 Å². The molecule has 1 amide bonds. The van der Waals surface area contributed by atoms with Gasteiger partial charge in [0.25, 0.3) is 5.91 Å². The van der Waals surface area contributed by atoms with Crippen LogP contribution in [0, 0.1) is 0 Å². The Morgan fingerprint density at radius 1 is 1.26 bits per heavy atom. The van der Waals surface area contributed by atoms with E-state index in [-0.39, 0.29) is 24.2 Å². The van der Waals surface area contributed by atoms with Gasteiger partial charge in [0, 0.05) is 12.2 Å². The highest BCUT2D eigenvalue weighted by atomic mass is 32.2. The summed E-state index contributed by atoms with van der Waals surface area (Å²) in [6, 6.07) is 14.0. The van der Waals surface area contributed by atoms with Crippen LogP contribution in [0.1, 0.15) is 34.3 Å². The lowest BCUT2D eigenvalue weighted by Crippen LogP contribution is -2.35. The molecule has 0 radical (unpaired) electrons. The van der Waals surface area contributed by atoms with Crippen LogP contribution >= 0.6 is 24.0 Å². The Kier molecular flexibility index (Phi) is 6.70. The van der Waals surface area contributed by atoms with E-state index in [0.29, 0.717) is 21.5 Å². The molecular weight excluding hydrogens is 434 g/mol. The van der Waals surface area contributed by atoms with Gasteiger partial charge in [0.05, 0.1) is 23.1 Å². The number of hydrogen-bond donors (Lipinski definition) is 1. The second-order valence-electron chi connectivity index (χ2n) is 7.26. The first-order valence-corrected chi connectivity index (χ1v) is 11.1. The second kappa shape index (κ2) is 9.64. The molecule has 2 aromatic carbocycles. The zero-order valence-corrected chi connectivity index (χ0v) is 18.3. The quantitative estimate of drug-likeness (QED) is 0.491. The summed E-state index contributed by atoms with van der Waals surface area (Å²) in [5.74, 6) is -0.437. The molecular formula is C23H21NO5S2. The smallest absolute Gasteiger partial charge is 0.335 e. The lowest BCUT2D eigenvalue weighted by molar-refractivity contribution is -0.123. The van der Waals surface area contributed by atoms with Crippen LogP contribution in [-0.2, 0) is 16.1 Å². The number of para-hydroxylation sites is 1. The van der Waals surface area contributed by atoms with Crippen molar-refractivity contribution < 1.29 is 24.2 Å². The summed E-state index contributed by atoms with van der Waals surface area (Å²) in [6.45, 7) is 1.51. The maximum absolute atomic E-state index is 12.9. The van der Waals surface area contributed by atoms with Gasteiger partial charge < -0.3 is 14.6 Å². The summed E-state index contributed by atoms with van der Waals surface area (Å²) >= 11 is 6.71. The first kappa shape index (κ1) is 21.5. The maximum Gasteiger partial charge on any atom is 0.335 e. The van der Waals surface area contributed by atoms with E-state index < -0.39 is 5.97 Å². The number of aromatic carboxylic acids is 1. The molecule has 8 heteroatoms. The van der Waals surface area contributed by atoms with E-state index in [2.05, 4.69) is 0 Å². The highest BCUT2D eigenvalue weighted by Crippen LogP contribution is 2.35. The lowest BCUT2D eigenvalue weighted by Gasteiger charge is -2.18. The van der Waals surface area contributed by atoms with Crippen LogP contribution in [0.4, 0.5) is 0 Å². The van der Waals surface area contributed by atoms with E-state index in [1.54, 1.807) is 35.2 Å². The van der Waals surface area contributed by atoms with Gasteiger partial charge in [-0.15, -0.1) is 0 Å². The number of hydrogen-bond acceptors (Lipinski definition) is 6. The number of benzene rings is 2. The third kappa shape index (κ3) is 5.15. The number of amides is 1. The summed E-state index contributed by atoms with van der Waals surface area (Å²) in [4.78, 5) is 26.1. The Morgan fingerprint density at radius 2 is 2.03 bits per heavy atom. The summed E-state index contributed by atoms with van der Waals surface area (Å²) in [6.07, 6.45) is 3.81. The van der Waals surface area contributed by atoms with Crippen molar-refractivity contribution in [3.8, 4) is 5.75 Å². The number of carboxylic acids is 1. The van der Waals surface area contributed by atoms with E-state index >= 15 is 0 Å². The standard InChI is InChI=1S/C23H21NO5S2/c25-21-20(31-23(30)24(21)13-18-5-3-11-28-18)12-17-4-1-2-6-19(17)29-14-15-7-9-16(10-8-15)22(26)27/h1-2,4,6-10,12,18H,3,5,11,13-14H2,(H,26,27)/b20-12-/t18-/m0/s1. The number of nitrogens with zero attached hydrogens (tertiary/aromatic N) is 1. The average molecular weight is 456 g/mol. The first-order valence-electron chi connectivity index (χ1n) is 9.92. The van der Waals surface area contributed by atoms with Crippen LogP contribution < -0.4 is 4.74 Å². The second-order valence-corrected chi connectivity index (χ2v) is 8.93. The van der Waals surface area contributed by atoms with Crippen LogP contribution in [0.5, 0.6) is 5.75 Å². The van der Waals surface area contributed by atoms with Gasteiger partial charge in [0.1, 0.15) is 16.7 Å². The highest BCUT2D eigenvalue weighted by molar-refractivity contribution is 8.26. The molecule has 4 rings (SSSR count). The van der Waals surface area contributed by atoms with Crippen molar-refractivity contribution in [2.24, 2.45) is 0 Å². The molecule has 2 aliphatic heterocycles. The Morgan fingerprint density at radius 3 is 2.74 bits per heavy atom. The third-order valence-electron chi connectivity index (χ3n) is 5.08. The molecule has 0 saturated carbocycles. The van der Waals surface area contributed by atoms with Crippen LogP contribution in [0.15, 0.2) is 53.4 Å². The molecule has 6 nitrogen and oxygen atoms in total. The van der Waals surface area contributed by atoms with Crippen LogP contribution in [0.25, 0.3) is 6.08 Å². The van der Waals surface area contributed by atoms with Crippen LogP contribution in [-0.4, -0.2) is 45.5 Å². The molecule has 2 aliphatic rings. The predicted molar refractivity (Wildman–Crippen MR) is 123 cm³/mol. The van der Waals surface area contributed by atoms with Crippen molar-refractivity contribution in [3.05, 3.63) is 70.1 Å². The molecule has 2 saturated heterocycles. The molecule has 2 aromatic rings. The summed E-state index contributed by atoms with van der Waals surface area (Å²) in [5.41, 5.74) is 1.86. The minimum atomic E-state index is -0.963. The molecule has 0 unspecified atom stereocenters. The number of thioether (sulfide) groups is 1. The molecule has 2 fully saturated rings. The van der Waals surface area contributed by atoms with Gasteiger partial charge in [0.2, 0.25) is 0 Å². The SMILES string of the molecule is O=C(O)c1ccc(COc2ccccc2/C=C2\SC(=S)N(C[C@@H]3CCCO3)C2=O)cc1. The molecule has 2 heterocycles. The van der Waals surface area contributed by atoms with Crippen molar-refractivity contribution in [1.29, 1.82) is 0 Å².